The van der Waals surface area contributed by atoms with Gasteiger partial charge in [0.1, 0.15) is 5.82 Å². The molecular formula is C17H24FN3. The summed E-state index contributed by atoms with van der Waals surface area (Å²) >= 11 is 0. The highest BCUT2D eigenvalue weighted by molar-refractivity contribution is 5.21. The third-order valence-corrected chi connectivity index (χ3v) is 3.70. The highest BCUT2D eigenvalue weighted by Gasteiger charge is 2.12. The minimum Gasteiger partial charge on any atom is -0.316 e. The van der Waals surface area contributed by atoms with Crippen LogP contribution in [0.1, 0.15) is 36.8 Å². The molecule has 3 nitrogen and oxygen atoms in total. The topological polar surface area (TPSA) is 29.9 Å². The smallest absolute Gasteiger partial charge is 0.123 e. The van der Waals surface area contributed by atoms with Gasteiger partial charge in [-0.25, -0.2) is 4.39 Å². The Hall–Kier alpha value is -1.68. The van der Waals surface area contributed by atoms with Gasteiger partial charge in [-0.3, -0.25) is 4.68 Å². The third-order valence-electron chi connectivity index (χ3n) is 3.70. The highest BCUT2D eigenvalue weighted by Crippen LogP contribution is 2.21. The van der Waals surface area contributed by atoms with Gasteiger partial charge in [0, 0.05) is 19.8 Å². The van der Waals surface area contributed by atoms with Gasteiger partial charge in [-0.05, 0) is 55.0 Å². The molecule has 0 aliphatic carbocycles. The van der Waals surface area contributed by atoms with Crippen molar-refractivity contribution < 1.29 is 4.39 Å². The summed E-state index contributed by atoms with van der Waals surface area (Å²) in [6, 6.07) is 6.90. The van der Waals surface area contributed by atoms with Gasteiger partial charge in [0.2, 0.25) is 0 Å². The quantitative estimate of drug-likeness (QED) is 0.756. The first-order chi connectivity index (χ1) is 10.2. The van der Waals surface area contributed by atoms with Crippen molar-refractivity contribution in [2.75, 3.05) is 13.1 Å². The summed E-state index contributed by atoms with van der Waals surface area (Å²) in [5.74, 6) is 0.226. The van der Waals surface area contributed by atoms with Crippen molar-refractivity contribution in [1.29, 1.82) is 0 Å². The van der Waals surface area contributed by atoms with E-state index in [1.165, 1.54) is 11.1 Å². The van der Waals surface area contributed by atoms with Crippen molar-refractivity contribution in [3.8, 4) is 0 Å². The van der Waals surface area contributed by atoms with Gasteiger partial charge in [0.05, 0.1) is 6.20 Å². The fraction of sp³-hybridized carbons (Fsp3) is 0.471. The summed E-state index contributed by atoms with van der Waals surface area (Å²) in [6.45, 7) is 4.11. The molecule has 0 amide bonds. The average Bonchev–Trinajstić information content (AvgIpc) is 2.89. The molecule has 0 radical (unpaired) electrons. The Bertz CT molecular complexity index is 533. The van der Waals surface area contributed by atoms with Gasteiger partial charge in [-0.15, -0.1) is 0 Å². The Labute approximate surface area is 126 Å². The first kappa shape index (κ1) is 15.7. The fourth-order valence-corrected chi connectivity index (χ4v) is 2.52. The minimum absolute atomic E-state index is 0.175. The normalized spacial score (nSPS) is 12.5. The predicted octanol–water partition coefficient (Wildman–Crippen LogP) is 3.28. The van der Waals surface area contributed by atoms with Crippen LogP contribution < -0.4 is 5.32 Å². The molecule has 4 heteroatoms. The number of hydrogen-bond acceptors (Lipinski definition) is 2. The van der Waals surface area contributed by atoms with Gasteiger partial charge < -0.3 is 5.32 Å². The first-order valence-electron chi connectivity index (χ1n) is 7.62. The molecule has 0 saturated heterocycles. The molecule has 1 aromatic heterocycles. The summed E-state index contributed by atoms with van der Waals surface area (Å²) in [5, 5.41) is 7.68. The maximum Gasteiger partial charge on any atom is 0.123 e. The molecule has 0 saturated carbocycles. The fourth-order valence-electron chi connectivity index (χ4n) is 2.52. The minimum atomic E-state index is -0.175. The van der Waals surface area contributed by atoms with E-state index < -0.39 is 0 Å². The predicted molar refractivity (Wildman–Crippen MR) is 83.8 cm³/mol. The largest absolute Gasteiger partial charge is 0.316 e. The molecule has 0 bridgehead atoms. The van der Waals surface area contributed by atoms with Gasteiger partial charge >= 0.3 is 0 Å². The van der Waals surface area contributed by atoms with Crippen molar-refractivity contribution in [2.45, 2.75) is 32.1 Å². The number of benzene rings is 1. The molecule has 0 fully saturated rings. The van der Waals surface area contributed by atoms with Crippen LogP contribution in [-0.4, -0.2) is 22.9 Å². The van der Waals surface area contributed by atoms with E-state index in [9.17, 15) is 4.39 Å². The standard InChI is InChI=1S/C17H24FN3/c1-3-10-19-12-16(15-6-8-17(18)9-7-15)5-4-14-11-20-21(2)13-14/h6-9,11,13,16,19H,3-5,10,12H2,1-2H3. The lowest BCUT2D eigenvalue weighted by atomic mass is 9.93. The van der Waals surface area contributed by atoms with Crippen LogP contribution in [0.25, 0.3) is 0 Å². The van der Waals surface area contributed by atoms with Crippen LogP contribution in [0.2, 0.25) is 0 Å². The van der Waals surface area contributed by atoms with E-state index in [0.29, 0.717) is 5.92 Å². The zero-order valence-electron chi connectivity index (χ0n) is 12.8. The van der Waals surface area contributed by atoms with Gasteiger partial charge in [-0.1, -0.05) is 19.1 Å². The van der Waals surface area contributed by atoms with Crippen molar-refractivity contribution >= 4 is 0 Å². The number of aromatic nitrogens is 2. The monoisotopic (exact) mass is 289 g/mol. The molecule has 0 spiro atoms. The van der Waals surface area contributed by atoms with Gasteiger partial charge in [0.15, 0.2) is 0 Å². The Morgan fingerprint density at radius 1 is 1.29 bits per heavy atom. The Kier molecular flexibility index (Phi) is 5.93. The molecule has 1 aromatic carbocycles. The van der Waals surface area contributed by atoms with E-state index >= 15 is 0 Å². The molecule has 21 heavy (non-hydrogen) atoms. The number of halogens is 1. The number of nitrogens with one attached hydrogen (secondary N) is 1. The molecule has 1 atom stereocenters. The summed E-state index contributed by atoms with van der Waals surface area (Å²) in [5.41, 5.74) is 2.45. The van der Waals surface area contributed by atoms with E-state index in [0.717, 1.165) is 32.4 Å². The van der Waals surface area contributed by atoms with E-state index in [-0.39, 0.29) is 5.82 Å². The maximum atomic E-state index is 13.1. The van der Waals surface area contributed by atoms with Crippen LogP contribution >= 0.6 is 0 Å². The molecule has 1 unspecified atom stereocenters. The molecule has 1 N–H and O–H groups in total. The molecule has 114 valence electrons. The SMILES string of the molecule is CCCNCC(CCc1cnn(C)c1)c1ccc(F)cc1. The van der Waals surface area contributed by atoms with E-state index in [2.05, 4.69) is 23.5 Å². The summed E-state index contributed by atoms with van der Waals surface area (Å²) in [7, 11) is 1.93. The zero-order valence-corrected chi connectivity index (χ0v) is 12.8. The number of rotatable bonds is 8. The third kappa shape index (κ3) is 4.97. The average molecular weight is 289 g/mol. The molecular weight excluding hydrogens is 265 g/mol. The second-order valence-corrected chi connectivity index (χ2v) is 5.51. The van der Waals surface area contributed by atoms with E-state index in [4.69, 9.17) is 0 Å². The maximum absolute atomic E-state index is 13.1. The van der Waals surface area contributed by atoms with Crippen molar-refractivity contribution in [3.63, 3.8) is 0 Å². The van der Waals surface area contributed by atoms with Crippen molar-refractivity contribution in [1.82, 2.24) is 15.1 Å². The first-order valence-corrected chi connectivity index (χ1v) is 7.62. The number of hydrogen-bond donors (Lipinski definition) is 1. The molecule has 2 aromatic rings. The van der Waals surface area contributed by atoms with E-state index in [1.807, 2.05) is 30.1 Å². The van der Waals surface area contributed by atoms with Crippen molar-refractivity contribution in [2.24, 2.45) is 7.05 Å². The summed E-state index contributed by atoms with van der Waals surface area (Å²) in [4.78, 5) is 0. The number of nitrogens with zero attached hydrogens (tertiary/aromatic N) is 2. The van der Waals surface area contributed by atoms with Gasteiger partial charge in [0.25, 0.3) is 0 Å². The zero-order chi connectivity index (χ0) is 15.1. The van der Waals surface area contributed by atoms with Crippen LogP contribution in [0.3, 0.4) is 0 Å². The summed E-state index contributed by atoms with van der Waals surface area (Å²) < 4.78 is 14.9. The van der Waals surface area contributed by atoms with Crippen LogP contribution in [0.15, 0.2) is 36.7 Å². The van der Waals surface area contributed by atoms with Crippen LogP contribution in [-0.2, 0) is 13.5 Å². The Morgan fingerprint density at radius 3 is 2.67 bits per heavy atom. The molecule has 1 heterocycles. The second-order valence-electron chi connectivity index (χ2n) is 5.51. The van der Waals surface area contributed by atoms with Gasteiger partial charge in [-0.2, -0.15) is 5.10 Å². The Morgan fingerprint density at radius 2 is 2.05 bits per heavy atom. The number of aryl methyl sites for hydroxylation is 2. The van der Waals surface area contributed by atoms with Crippen molar-refractivity contribution in [3.05, 3.63) is 53.6 Å². The highest BCUT2D eigenvalue weighted by atomic mass is 19.1. The molecule has 0 aliphatic rings. The lowest BCUT2D eigenvalue weighted by Crippen LogP contribution is -2.22. The van der Waals surface area contributed by atoms with Crippen LogP contribution in [0, 0.1) is 5.82 Å². The summed E-state index contributed by atoms with van der Waals surface area (Å²) in [6.07, 6.45) is 7.12. The lowest BCUT2D eigenvalue weighted by Gasteiger charge is -2.18. The molecule has 2 rings (SSSR count). The van der Waals surface area contributed by atoms with E-state index in [1.54, 1.807) is 12.1 Å². The van der Waals surface area contributed by atoms with Crippen LogP contribution in [0.5, 0.6) is 0 Å². The second kappa shape index (κ2) is 7.93. The lowest BCUT2D eigenvalue weighted by molar-refractivity contribution is 0.546. The molecule has 0 aliphatic heterocycles. The van der Waals surface area contributed by atoms with Crippen LogP contribution in [0.4, 0.5) is 4.39 Å². The Balaban J connectivity index is 1.99.